The molecular formula is C27H36N6O3. The molecule has 1 unspecified atom stereocenters. The predicted molar refractivity (Wildman–Crippen MR) is 141 cm³/mol. The van der Waals surface area contributed by atoms with Crippen LogP contribution in [-0.2, 0) is 9.53 Å². The van der Waals surface area contributed by atoms with Gasteiger partial charge in [-0.2, -0.15) is 0 Å². The lowest BCUT2D eigenvalue weighted by molar-refractivity contribution is -0.126. The normalized spacial score (nSPS) is 19.2. The molecule has 1 atom stereocenters. The molecule has 1 fully saturated rings. The fourth-order valence-electron chi connectivity index (χ4n) is 3.77. The van der Waals surface area contributed by atoms with Gasteiger partial charge < -0.3 is 10.1 Å². The van der Waals surface area contributed by atoms with E-state index in [9.17, 15) is 9.59 Å². The highest BCUT2D eigenvalue weighted by Crippen LogP contribution is 2.26. The molecule has 2 amide bonds. The first-order valence-electron chi connectivity index (χ1n) is 12.2. The molecule has 9 nitrogen and oxygen atoms in total. The molecule has 3 rings (SSSR count). The third-order valence-electron chi connectivity index (χ3n) is 5.65. The molecule has 0 spiro atoms. The van der Waals surface area contributed by atoms with Crippen LogP contribution in [0.15, 0.2) is 65.1 Å². The van der Waals surface area contributed by atoms with Crippen molar-refractivity contribution in [3.63, 3.8) is 0 Å². The summed E-state index contributed by atoms with van der Waals surface area (Å²) in [5.41, 5.74) is 4.51. The Hall–Kier alpha value is -3.88. The van der Waals surface area contributed by atoms with Gasteiger partial charge in [-0.15, -0.1) is 0 Å². The fourth-order valence-corrected chi connectivity index (χ4v) is 3.77. The van der Waals surface area contributed by atoms with Gasteiger partial charge in [0.2, 0.25) is 5.91 Å². The van der Waals surface area contributed by atoms with E-state index in [2.05, 4.69) is 22.7 Å². The van der Waals surface area contributed by atoms with Gasteiger partial charge in [-0.05, 0) is 53.0 Å². The molecule has 192 valence electrons. The lowest BCUT2D eigenvalue weighted by Crippen LogP contribution is -2.63. The largest absolute Gasteiger partial charge is 0.443 e. The number of nitrogens with one attached hydrogen (secondary N) is 2. The summed E-state index contributed by atoms with van der Waals surface area (Å²) in [5, 5.41) is 4.44. The van der Waals surface area contributed by atoms with Crippen molar-refractivity contribution in [1.82, 2.24) is 25.3 Å². The second-order valence-corrected chi connectivity index (χ2v) is 9.48. The van der Waals surface area contributed by atoms with E-state index in [1.54, 1.807) is 33.0 Å². The Labute approximate surface area is 212 Å². The molecule has 2 aromatic rings. The van der Waals surface area contributed by atoms with Gasteiger partial charge in [-0.1, -0.05) is 50.3 Å². The summed E-state index contributed by atoms with van der Waals surface area (Å²) in [7, 11) is 0. The van der Waals surface area contributed by atoms with Crippen molar-refractivity contribution in [2.75, 3.05) is 0 Å². The molecule has 0 aliphatic carbocycles. The van der Waals surface area contributed by atoms with Gasteiger partial charge in [-0.3, -0.25) is 14.4 Å². The molecule has 36 heavy (non-hydrogen) atoms. The number of piperazine rings is 1. The zero-order valence-electron chi connectivity index (χ0n) is 22.1. The van der Waals surface area contributed by atoms with Crippen LogP contribution in [0, 0.1) is 0 Å². The number of rotatable bonds is 6. The lowest BCUT2D eigenvalue weighted by atomic mass is 10.1. The zero-order valence-corrected chi connectivity index (χ0v) is 22.1. The second kappa shape index (κ2) is 11.2. The summed E-state index contributed by atoms with van der Waals surface area (Å²) in [5.74, 6) is 1.57. The first-order valence-corrected chi connectivity index (χ1v) is 12.2. The Balaban J connectivity index is 2.17. The summed E-state index contributed by atoms with van der Waals surface area (Å²) in [4.78, 5) is 35.3. The van der Waals surface area contributed by atoms with E-state index in [1.165, 1.54) is 5.01 Å². The van der Waals surface area contributed by atoms with E-state index in [-0.39, 0.29) is 5.91 Å². The number of nitrogens with zero attached hydrogens (tertiary/aromatic N) is 4. The Bertz CT molecular complexity index is 1190. The molecule has 9 heteroatoms. The van der Waals surface area contributed by atoms with Crippen molar-refractivity contribution in [1.29, 1.82) is 0 Å². The molecular weight excluding hydrogens is 456 g/mol. The number of amides is 2. The third kappa shape index (κ3) is 6.02. The number of carbonyl (C=O) groups excluding carboxylic acids is 2. The highest BCUT2D eigenvalue weighted by molar-refractivity contribution is 6.09. The Kier molecular flexibility index (Phi) is 8.34. The van der Waals surface area contributed by atoms with Crippen molar-refractivity contribution in [2.45, 2.75) is 73.0 Å². The van der Waals surface area contributed by atoms with Gasteiger partial charge in [0, 0.05) is 18.0 Å². The Morgan fingerprint density at radius 3 is 2.53 bits per heavy atom. The van der Waals surface area contributed by atoms with E-state index < -0.39 is 17.7 Å². The molecule has 0 radical (unpaired) electrons. The first kappa shape index (κ1) is 26.7. The van der Waals surface area contributed by atoms with Crippen LogP contribution in [0.2, 0.25) is 0 Å². The average Bonchev–Trinajstić information content (AvgIpc) is 3.31. The van der Waals surface area contributed by atoms with Gasteiger partial charge in [-0.25, -0.2) is 20.2 Å². The zero-order chi connectivity index (χ0) is 26.5. The number of aromatic nitrogens is 2. The van der Waals surface area contributed by atoms with E-state index in [4.69, 9.17) is 9.73 Å². The molecule has 1 aliphatic rings. The maximum atomic E-state index is 12.9. The van der Waals surface area contributed by atoms with Crippen molar-refractivity contribution < 1.29 is 14.3 Å². The van der Waals surface area contributed by atoms with Crippen molar-refractivity contribution in [3.8, 4) is 11.4 Å². The van der Waals surface area contributed by atoms with Gasteiger partial charge in [0.25, 0.3) is 0 Å². The van der Waals surface area contributed by atoms with Crippen molar-refractivity contribution >= 4 is 23.7 Å². The summed E-state index contributed by atoms with van der Waals surface area (Å²) in [6.45, 7) is 13.1. The van der Waals surface area contributed by atoms with Crippen LogP contribution in [0.1, 0.15) is 61.3 Å². The molecule has 2 N–H and O–H groups in total. The van der Waals surface area contributed by atoms with Gasteiger partial charge >= 0.3 is 6.09 Å². The molecule has 1 aromatic carbocycles. The number of ether oxygens (including phenoxy) is 1. The van der Waals surface area contributed by atoms with Gasteiger partial charge in [0.1, 0.15) is 23.3 Å². The van der Waals surface area contributed by atoms with Crippen molar-refractivity contribution in [2.24, 2.45) is 4.99 Å². The summed E-state index contributed by atoms with van der Waals surface area (Å²) in [6.07, 6.45) is 5.88. The quantitative estimate of drug-likeness (QED) is 0.584. The number of aliphatic imine (C=N–C) groups is 1. The van der Waals surface area contributed by atoms with Crippen molar-refractivity contribution in [3.05, 3.63) is 60.1 Å². The summed E-state index contributed by atoms with van der Waals surface area (Å²) >= 11 is 0. The number of carbonyl (C=O) groups is 2. The number of amidine groups is 1. The number of hydrazine groups is 1. The van der Waals surface area contributed by atoms with Gasteiger partial charge in [0.15, 0.2) is 5.84 Å². The molecule has 1 saturated heterocycles. The summed E-state index contributed by atoms with van der Waals surface area (Å²) < 4.78 is 7.41. The number of hydrogen-bond donors (Lipinski definition) is 2. The molecule has 1 aliphatic heterocycles. The monoisotopic (exact) mass is 492 g/mol. The third-order valence-corrected chi connectivity index (χ3v) is 5.65. The van der Waals surface area contributed by atoms with E-state index in [1.807, 2.05) is 61.9 Å². The predicted octanol–water partition coefficient (Wildman–Crippen LogP) is 5.10. The standard InChI is InChI=1S/C27H36N6O3/c1-8-18(4)22(32-17-16-28-23(32)19-14-12-11-13-15-19)30-24-20(9-2)29-25(34)21(10-3)33(24)31-26(35)36-27(5,6)7/h9,11-17,21H,8,10H2,1-7H3,(H,29,34)(H,31,35). The van der Waals surface area contributed by atoms with E-state index in [0.29, 0.717) is 23.8 Å². The maximum absolute atomic E-state index is 12.9. The van der Waals surface area contributed by atoms with Crippen LogP contribution >= 0.6 is 0 Å². The SMILES string of the molecule is CC=C1NC(=O)C(CC)N(NC(=O)OC(C)(C)C)C1=NC(=C(C)CC)n1ccnc1-c1ccccc1. The summed E-state index contributed by atoms with van der Waals surface area (Å²) in [6, 6.07) is 9.20. The van der Waals surface area contributed by atoms with E-state index in [0.717, 1.165) is 23.4 Å². The van der Waals surface area contributed by atoms with Crippen LogP contribution in [0.5, 0.6) is 0 Å². The topological polar surface area (TPSA) is 101 Å². The number of benzene rings is 1. The van der Waals surface area contributed by atoms with Crippen LogP contribution in [0.4, 0.5) is 4.79 Å². The van der Waals surface area contributed by atoms with Crippen LogP contribution in [0.25, 0.3) is 17.2 Å². The Morgan fingerprint density at radius 1 is 1.25 bits per heavy atom. The minimum Gasteiger partial charge on any atom is -0.443 e. The van der Waals surface area contributed by atoms with Gasteiger partial charge in [0.05, 0.1) is 5.70 Å². The highest BCUT2D eigenvalue weighted by Gasteiger charge is 2.37. The minimum atomic E-state index is -0.699. The Morgan fingerprint density at radius 2 is 1.94 bits per heavy atom. The molecule has 2 heterocycles. The van der Waals surface area contributed by atoms with Crippen LogP contribution in [-0.4, -0.2) is 44.0 Å². The van der Waals surface area contributed by atoms with Crippen LogP contribution in [0.3, 0.4) is 0 Å². The number of allylic oxidation sites excluding steroid dienone is 2. The highest BCUT2D eigenvalue weighted by atomic mass is 16.6. The minimum absolute atomic E-state index is 0.231. The first-order chi connectivity index (χ1) is 17.1. The smallest absolute Gasteiger partial charge is 0.426 e. The number of imidazole rings is 1. The molecule has 0 saturated carbocycles. The maximum Gasteiger partial charge on any atom is 0.426 e. The average molecular weight is 493 g/mol. The number of hydrogen-bond acceptors (Lipinski definition) is 5. The van der Waals surface area contributed by atoms with Crippen LogP contribution < -0.4 is 10.7 Å². The van der Waals surface area contributed by atoms with E-state index >= 15 is 0 Å². The molecule has 0 bridgehead atoms. The fraction of sp³-hybridized carbons (Fsp3) is 0.407. The lowest BCUT2D eigenvalue weighted by Gasteiger charge is -2.38. The molecule has 1 aromatic heterocycles. The second-order valence-electron chi connectivity index (χ2n) is 9.48.